The Bertz CT molecular complexity index is 594. The Labute approximate surface area is 155 Å². The van der Waals surface area contributed by atoms with Gasteiger partial charge in [0.05, 0.1) is 0 Å². The van der Waals surface area contributed by atoms with E-state index in [1.807, 2.05) is 0 Å². The van der Waals surface area contributed by atoms with Crippen LogP contribution in [0.1, 0.15) is 43.1 Å². The van der Waals surface area contributed by atoms with Gasteiger partial charge in [-0.3, -0.25) is 4.90 Å². The number of ether oxygens (including phenoxy) is 2. The van der Waals surface area contributed by atoms with E-state index in [1.54, 1.807) is 7.11 Å². The maximum Gasteiger partial charge on any atom is 0.156 e. The lowest BCUT2D eigenvalue weighted by molar-refractivity contribution is 0.0321. The summed E-state index contributed by atoms with van der Waals surface area (Å²) in [5.74, 6) is 2.31. The summed E-state index contributed by atoms with van der Waals surface area (Å²) in [4.78, 5) is 14.5. The van der Waals surface area contributed by atoms with Crippen LogP contribution in [0.15, 0.2) is 6.07 Å². The third-order valence-corrected chi connectivity index (χ3v) is 5.99. The van der Waals surface area contributed by atoms with Crippen molar-refractivity contribution in [1.82, 2.24) is 14.9 Å². The monoisotopic (exact) mass is 361 g/mol. The second-order valence-corrected chi connectivity index (χ2v) is 7.80. The number of methoxy groups -OCH3 is 1. The maximum absolute atomic E-state index is 5.98. The zero-order valence-corrected chi connectivity index (χ0v) is 15.8. The van der Waals surface area contributed by atoms with Crippen LogP contribution in [-0.4, -0.2) is 73.5 Å². The van der Waals surface area contributed by atoms with E-state index in [9.17, 15) is 0 Å². The molecule has 1 aromatic heterocycles. The molecular weight excluding hydrogens is 330 g/mol. The van der Waals surface area contributed by atoms with Gasteiger partial charge >= 0.3 is 0 Å². The maximum atomic E-state index is 5.98. The first kappa shape index (κ1) is 18.1. The van der Waals surface area contributed by atoms with Crippen molar-refractivity contribution >= 4 is 5.82 Å². The number of rotatable bonds is 5. The van der Waals surface area contributed by atoms with E-state index in [0.717, 1.165) is 82.4 Å². The Kier molecular flexibility index (Phi) is 5.69. The summed E-state index contributed by atoms with van der Waals surface area (Å²) in [7, 11) is 1.70. The zero-order valence-electron chi connectivity index (χ0n) is 15.8. The predicted octanol–water partition coefficient (Wildman–Crippen LogP) is 1.13. The lowest BCUT2D eigenvalue weighted by Gasteiger charge is -2.41. The van der Waals surface area contributed by atoms with Crippen LogP contribution in [0.2, 0.25) is 0 Å². The lowest BCUT2D eigenvalue weighted by atomic mass is 9.78. The van der Waals surface area contributed by atoms with Crippen molar-refractivity contribution < 1.29 is 9.47 Å². The highest BCUT2D eigenvalue weighted by Crippen LogP contribution is 2.35. The summed E-state index contributed by atoms with van der Waals surface area (Å²) < 4.78 is 10.8. The van der Waals surface area contributed by atoms with Crippen LogP contribution in [0.3, 0.4) is 0 Å². The van der Waals surface area contributed by atoms with E-state index in [2.05, 4.69) is 15.9 Å². The van der Waals surface area contributed by atoms with Crippen molar-refractivity contribution in [3.8, 4) is 0 Å². The molecule has 2 saturated heterocycles. The van der Waals surface area contributed by atoms with Crippen LogP contribution in [0, 0.1) is 0 Å². The summed E-state index contributed by atoms with van der Waals surface area (Å²) in [6, 6.07) is 3.19. The molecule has 1 aromatic rings. The quantitative estimate of drug-likeness (QED) is 0.842. The molecule has 2 N–H and O–H groups in total. The average Bonchev–Trinajstić information content (AvgIpc) is 2.66. The minimum atomic E-state index is 0.326. The second kappa shape index (κ2) is 8.17. The first-order valence-corrected chi connectivity index (χ1v) is 9.92. The number of piperazine rings is 1. The largest absolute Gasteiger partial charge is 0.381 e. The Morgan fingerprint density at radius 1 is 1.15 bits per heavy atom. The third kappa shape index (κ3) is 4.01. The molecule has 0 spiro atoms. The topological polar surface area (TPSA) is 76.7 Å². The van der Waals surface area contributed by atoms with Crippen LogP contribution in [-0.2, 0) is 16.1 Å². The van der Waals surface area contributed by atoms with Crippen molar-refractivity contribution in [2.24, 2.45) is 5.73 Å². The molecule has 1 aliphatic carbocycles. The van der Waals surface area contributed by atoms with Crippen molar-refractivity contribution in [3.05, 3.63) is 17.6 Å². The molecule has 3 heterocycles. The number of anilines is 1. The number of hydrogen-bond donors (Lipinski definition) is 1. The number of nitrogens with zero attached hydrogens (tertiary/aromatic N) is 4. The van der Waals surface area contributed by atoms with Crippen molar-refractivity contribution in [3.63, 3.8) is 0 Å². The van der Waals surface area contributed by atoms with E-state index in [-0.39, 0.29) is 0 Å². The predicted molar refractivity (Wildman–Crippen MR) is 100 cm³/mol. The van der Waals surface area contributed by atoms with Crippen molar-refractivity contribution in [2.75, 3.05) is 51.4 Å². The Morgan fingerprint density at radius 2 is 1.88 bits per heavy atom. The molecule has 0 radical (unpaired) electrons. The van der Waals surface area contributed by atoms with Gasteiger partial charge in [0.1, 0.15) is 12.4 Å². The van der Waals surface area contributed by atoms with Gasteiger partial charge in [-0.2, -0.15) is 0 Å². The van der Waals surface area contributed by atoms with E-state index in [0.29, 0.717) is 24.6 Å². The van der Waals surface area contributed by atoms with Crippen LogP contribution in [0.4, 0.5) is 5.82 Å². The standard InChI is InChI=1S/C19H31N5O2/c1-25-13-18-21-17(14-10-15(20)11-14)12-19(22-18)24-6-4-23(5-7-24)16-2-8-26-9-3-16/h12,14-16H,2-11,13,20H2,1H3. The van der Waals surface area contributed by atoms with Crippen LogP contribution >= 0.6 is 0 Å². The summed E-state index contributed by atoms with van der Waals surface area (Å²) in [5.41, 5.74) is 7.11. The lowest BCUT2D eigenvalue weighted by Crippen LogP contribution is -2.52. The average molecular weight is 361 g/mol. The Hall–Kier alpha value is -1.28. The highest BCUT2D eigenvalue weighted by atomic mass is 16.5. The molecule has 144 valence electrons. The molecule has 0 atom stereocenters. The molecule has 7 nitrogen and oxygen atoms in total. The highest BCUT2D eigenvalue weighted by molar-refractivity contribution is 5.42. The molecule has 0 amide bonds. The Balaban J connectivity index is 1.43. The second-order valence-electron chi connectivity index (χ2n) is 7.80. The number of nitrogens with two attached hydrogens (primary N) is 1. The van der Waals surface area contributed by atoms with Gasteiger partial charge in [0.2, 0.25) is 0 Å². The zero-order chi connectivity index (χ0) is 17.9. The summed E-state index contributed by atoms with van der Waals surface area (Å²) in [6.45, 7) is 6.50. The fraction of sp³-hybridized carbons (Fsp3) is 0.789. The molecule has 26 heavy (non-hydrogen) atoms. The molecule has 3 fully saturated rings. The minimum Gasteiger partial charge on any atom is -0.381 e. The highest BCUT2D eigenvalue weighted by Gasteiger charge is 2.30. The molecule has 1 saturated carbocycles. The van der Waals surface area contributed by atoms with Crippen LogP contribution in [0.5, 0.6) is 0 Å². The van der Waals surface area contributed by atoms with Crippen LogP contribution < -0.4 is 10.6 Å². The normalized spacial score (nSPS) is 28.2. The first-order chi connectivity index (χ1) is 12.7. The van der Waals surface area contributed by atoms with Crippen LogP contribution in [0.25, 0.3) is 0 Å². The number of aromatic nitrogens is 2. The first-order valence-electron chi connectivity index (χ1n) is 9.92. The fourth-order valence-electron chi connectivity index (χ4n) is 4.34. The van der Waals surface area contributed by atoms with E-state index < -0.39 is 0 Å². The Morgan fingerprint density at radius 3 is 2.54 bits per heavy atom. The molecule has 4 rings (SSSR count). The molecule has 7 heteroatoms. The summed E-state index contributed by atoms with van der Waals surface area (Å²) in [5, 5.41) is 0. The van der Waals surface area contributed by atoms with Gasteiger partial charge in [0, 0.05) is 76.3 Å². The SMILES string of the molecule is COCc1nc(C2CC(N)C2)cc(N2CCN(C3CCOCC3)CC2)n1. The van der Waals surface area contributed by atoms with Crippen molar-refractivity contribution in [1.29, 1.82) is 0 Å². The van der Waals surface area contributed by atoms with Gasteiger partial charge in [0.25, 0.3) is 0 Å². The van der Waals surface area contributed by atoms with Gasteiger partial charge in [-0.05, 0) is 25.7 Å². The molecule has 2 aliphatic heterocycles. The van der Waals surface area contributed by atoms with Gasteiger partial charge in [-0.15, -0.1) is 0 Å². The summed E-state index contributed by atoms with van der Waals surface area (Å²) >= 11 is 0. The van der Waals surface area contributed by atoms with Crippen molar-refractivity contribution in [2.45, 2.75) is 50.3 Å². The van der Waals surface area contributed by atoms with E-state index in [1.165, 1.54) is 0 Å². The van der Waals surface area contributed by atoms with E-state index in [4.69, 9.17) is 25.2 Å². The van der Waals surface area contributed by atoms with Gasteiger partial charge < -0.3 is 20.1 Å². The van der Waals surface area contributed by atoms with Gasteiger partial charge in [0.15, 0.2) is 5.82 Å². The number of hydrogen-bond acceptors (Lipinski definition) is 7. The molecule has 0 bridgehead atoms. The molecular formula is C19H31N5O2. The fourth-order valence-corrected chi connectivity index (χ4v) is 4.34. The smallest absolute Gasteiger partial charge is 0.156 e. The molecule has 0 aromatic carbocycles. The van der Waals surface area contributed by atoms with Gasteiger partial charge in [-0.25, -0.2) is 9.97 Å². The van der Waals surface area contributed by atoms with E-state index >= 15 is 0 Å². The molecule has 0 unspecified atom stereocenters. The minimum absolute atomic E-state index is 0.326. The third-order valence-electron chi connectivity index (χ3n) is 5.99. The van der Waals surface area contributed by atoms with Gasteiger partial charge in [-0.1, -0.05) is 0 Å². The molecule has 3 aliphatic rings. The summed E-state index contributed by atoms with van der Waals surface area (Å²) in [6.07, 6.45) is 4.38.